The third kappa shape index (κ3) is 3.99. The Labute approximate surface area is 201 Å². The van der Waals surface area contributed by atoms with E-state index in [4.69, 9.17) is 26.4 Å². The van der Waals surface area contributed by atoms with Crippen molar-refractivity contribution < 1.29 is 9.53 Å². The molecular formula is C25H21ClN6O2. The number of aromatic nitrogens is 4. The number of amides is 1. The van der Waals surface area contributed by atoms with Crippen molar-refractivity contribution in [3.05, 3.63) is 94.9 Å². The summed E-state index contributed by atoms with van der Waals surface area (Å²) in [5.74, 6) is 1.43. The fraction of sp³-hybridized carbons (Fsp3) is 0.120. The number of methoxy groups -OCH3 is 1. The summed E-state index contributed by atoms with van der Waals surface area (Å²) in [7, 11) is 1.61. The molecule has 2 aromatic heterocycles. The second-order valence-electron chi connectivity index (χ2n) is 7.72. The molecule has 3 heterocycles. The van der Waals surface area contributed by atoms with Crippen molar-refractivity contribution in [3.63, 3.8) is 0 Å². The smallest absolute Gasteiger partial charge is 0.255 e. The van der Waals surface area contributed by atoms with E-state index in [1.54, 1.807) is 42.4 Å². The van der Waals surface area contributed by atoms with Crippen LogP contribution < -0.4 is 15.4 Å². The third-order valence-corrected chi connectivity index (χ3v) is 5.89. The largest absolute Gasteiger partial charge is 0.497 e. The van der Waals surface area contributed by atoms with Crippen LogP contribution in [0.3, 0.4) is 0 Å². The Morgan fingerprint density at radius 3 is 2.76 bits per heavy atom. The van der Waals surface area contributed by atoms with Gasteiger partial charge in [0.25, 0.3) is 5.91 Å². The van der Waals surface area contributed by atoms with E-state index in [1.807, 2.05) is 49.4 Å². The van der Waals surface area contributed by atoms with Crippen molar-refractivity contribution in [1.29, 1.82) is 0 Å². The van der Waals surface area contributed by atoms with Crippen LogP contribution in [0.4, 0.5) is 11.6 Å². The highest BCUT2D eigenvalue weighted by molar-refractivity contribution is 6.31. The van der Waals surface area contributed by atoms with E-state index < -0.39 is 6.04 Å². The second kappa shape index (κ2) is 8.99. The average Bonchev–Trinajstić information content (AvgIpc) is 3.28. The molecule has 0 radical (unpaired) electrons. The fourth-order valence-electron chi connectivity index (χ4n) is 3.95. The van der Waals surface area contributed by atoms with Gasteiger partial charge in [-0.1, -0.05) is 41.9 Å². The maximum Gasteiger partial charge on any atom is 0.255 e. The zero-order valence-electron chi connectivity index (χ0n) is 18.5. The number of hydrogen-bond donors (Lipinski definition) is 2. The van der Waals surface area contributed by atoms with E-state index in [1.165, 1.54) is 0 Å². The van der Waals surface area contributed by atoms with Gasteiger partial charge in [-0.2, -0.15) is 4.98 Å². The van der Waals surface area contributed by atoms with Gasteiger partial charge in [0.2, 0.25) is 5.95 Å². The molecule has 1 amide bonds. The highest BCUT2D eigenvalue weighted by atomic mass is 35.5. The van der Waals surface area contributed by atoms with Crippen LogP contribution in [-0.4, -0.2) is 32.8 Å². The normalized spacial score (nSPS) is 14.9. The van der Waals surface area contributed by atoms with Crippen molar-refractivity contribution >= 4 is 29.1 Å². The van der Waals surface area contributed by atoms with Crippen LogP contribution in [0.25, 0.3) is 11.4 Å². The molecule has 0 spiro atoms. The summed E-state index contributed by atoms with van der Waals surface area (Å²) in [6.45, 7) is 1.84. The number of ether oxygens (including phenoxy) is 1. The third-order valence-electron chi connectivity index (χ3n) is 5.54. The van der Waals surface area contributed by atoms with Gasteiger partial charge in [0.05, 0.1) is 24.6 Å². The quantitative estimate of drug-likeness (QED) is 0.427. The minimum absolute atomic E-state index is 0.285. The Morgan fingerprint density at radius 1 is 1.15 bits per heavy atom. The van der Waals surface area contributed by atoms with Crippen LogP contribution in [0, 0.1) is 0 Å². The first kappa shape index (κ1) is 21.7. The Bertz CT molecular complexity index is 1400. The molecule has 8 nitrogen and oxygen atoms in total. The van der Waals surface area contributed by atoms with Crippen LogP contribution in [0.15, 0.2) is 84.3 Å². The van der Waals surface area contributed by atoms with E-state index in [0.29, 0.717) is 39.5 Å². The molecule has 0 saturated heterocycles. The first-order chi connectivity index (χ1) is 16.5. The summed E-state index contributed by atoms with van der Waals surface area (Å²) >= 11 is 6.60. The summed E-state index contributed by atoms with van der Waals surface area (Å²) in [5.41, 5.74) is 3.26. The summed E-state index contributed by atoms with van der Waals surface area (Å²) < 4.78 is 7.04. The standard InChI is InChI=1S/C25H21ClN6O2/c1-15-21(24(33)29-17-8-6-12-27-14-17)22(19-10-3-4-11-20(19)26)32-25(28-15)30-23(31-32)16-7-5-9-18(13-16)34-2/h3-14,22H,1-2H3,(H,29,33)(H,28,30,31). The molecule has 2 N–H and O–H groups in total. The van der Waals surface area contributed by atoms with Gasteiger partial charge < -0.3 is 15.4 Å². The van der Waals surface area contributed by atoms with E-state index >= 15 is 0 Å². The SMILES string of the molecule is COc1cccc(-c2nc3n(n2)C(c2ccccc2Cl)C(C(=O)Nc2cccnc2)=C(C)N3)c1. The topological polar surface area (TPSA) is 94.0 Å². The molecular weight excluding hydrogens is 452 g/mol. The Hall–Kier alpha value is -4.17. The number of anilines is 2. The number of carbonyl (C=O) groups is 1. The Morgan fingerprint density at radius 2 is 2.00 bits per heavy atom. The number of allylic oxidation sites excluding steroid dienone is 1. The molecule has 0 fully saturated rings. The minimum atomic E-state index is -0.589. The van der Waals surface area contributed by atoms with Crippen molar-refractivity contribution in [2.45, 2.75) is 13.0 Å². The van der Waals surface area contributed by atoms with E-state index in [9.17, 15) is 4.79 Å². The van der Waals surface area contributed by atoms with Crippen molar-refractivity contribution in [3.8, 4) is 17.1 Å². The molecule has 9 heteroatoms. The first-order valence-corrected chi connectivity index (χ1v) is 11.0. The molecule has 0 aliphatic carbocycles. The average molecular weight is 473 g/mol. The van der Waals surface area contributed by atoms with E-state index in [0.717, 1.165) is 11.1 Å². The van der Waals surface area contributed by atoms with Gasteiger partial charge >= 0.3 is 0 Å². The Balaban J connectivity index is 1.62. The predicted octanol–water partition coefficient (Wildman–Crippen LogP) is 4.93. The van der Waals surface area contributed by atoms with Crippen molar-refractivity contribution in [2.75, 3.05) is 17.7 Å². The molecule has 34 heavy (non-hydrogen) atoms. The summed E-state index contributed by atoms with van der Waals surface area (Å²) in [6.07, 6.45) is 3.24. The van der Waals surface area contributed by atoms with Crippen molar-refractivity contribution in [1.82, 2.24) is 19.7 Å². The van der Waals surface area contributed by atoms with Gasteiger partial charge in [0.1, 0.15) is 11.8 Å². The van der Waals surface area contributed by atoms with E-state index in [-0.39, 0.29) is 5.91 Å². The van der Waals surface area contributed by atoms with Crippen LogP contribution in [-0.2, 0) is 4.79 Å². The zero-order chi connectivity index (χ0) is 23.7. The maximum absolute atomic E-state index is 13.5. The molecule has 1 aliphatic heterocycles. The van der Waals surface area contributed by atoms with Crippen LogP contribution in [0.1, 0.15) is 18.5 Å². The lowest BCUT2D eigenvalue weighted by atomic mass is 9.95. The summed E-state index contributed by atoms with van der Waals surface area (Å²) in [6, 6.07) is 17.9. The zero-order valence-corrected chi connectivity index (χ0v) is 19.2. The van der Waals surface area contributed by atoms with Crippen molar-refractivity contribution in [2.24, 2.45) is 0 Å². The highest BCUT2D eigenvalue weighted by Crippen LogP contribution is 2.39. The van der Waals surface area contributed by atoms with Crippen LogP contribution >= 0.6 is 11.6 Å². The predicted molar refractivity (Wildman–Crippen MR) is 131 cm³/mol. The second-order valence-corrected chi connectivity index (χ2v) is 8.13. The maximum atomic E-state index is 13.5. The lowest BCUT2D eigenvalue weighted by Gasteiger charge is -2.29. The number of halogens is 1. The Kier molecular flexibility index (Phi) is 5.73. The highest BCUT2D eigenvalue weighted by Gasteiger charge is 2.35. The van der Waals surface area contributed by atoms with Crippen LogP contribution in [0.2, 0.25) is 5.02 Å². The lowest BCUT2D eigenvalue weighted by Crippen LogP contribution is -2.31. The number of nitrogens with one attached hydrogen (secondary N) is 2. The number of carbonyl (C=O) groups excluding carboxylic acids is 1. The van der Waals surface area contributed by atoms with Gasteiger partial charge in [-0.05, 0) is 37.3 Å². The number of nitrogens with zero attached hydrogens (tertiary/aromatic N) is 4. The van der Waals surface area contributed by atoms with Gasteiger partial charge in [-0.15, -0.1) is 5.10 Å². The van der Waals surface area contributed by atoms with Gasteiger partial charge in [-0.25, -0.2) is 4.68 Å². The van der Waals surface area contributed by atoms with Crippen LogP contribution in [0.5, 0.6) is 5.75 Å². The van der Waals surface area contributed by atoms with Gasteiger partial charge in [-0.3, -0.25) is 9.78 Å². The molecule has 0 saturated carbocycles. The molecule has 4 aromatic rings. The molecule has 1 aliphatic rings. The number of fused-ring (bicyclic) bond motifs is 1. The molecule has 5 rings (SSSR count). The monoisotopic (exact) mass is 472 g/mol. The number of rotatable bonds is 5. The summed E-state index contributed by atoms with van der Waals surface area (Å²) in [4.78, 5) is 22.3. The van der Waals surface area contributed by atoms with E-state index in [2.05, 4.69) is 15.6 Å². The summed E-state index contributed by atoms with van der Waals surface area (Å²) in [5, 5.41) is 11.5. The molecule has 2 aromatic carbocycles. The lowest BCUT2D eigenvalue weighted by molar-refractivity contribution is -0.113. The number of pyridine rings is 1. The molecule has 170 valence electrons. The number of hydrogen-bond acceptors (Lipinski definition) is 6. The molecule has 1 unspecified atom stereocenters. The first-order valence-electron chi connectivity index (χ1n) is 10.6. The van der Waals surface area contributed by atoms with Gasteiger partial charge in [0.15, 0.2) is 5.82 Å². The molecule has 0 bridgehead atoms. The van der Waals surface area contributed by atoms with Gasteiger partial charge in [0, 0.05) is 28.0 Å². The number of benzene rings is 2. The fourth-order valence-corrected chi connectivity index (χ4v) is 4.19. The molecule has 1 atom stereocenters. The minimum Gasteiger partial charge on any atom is -0.497 e.